The summed E-state index contributed by atoms with van der Waals surface area (Å²) < 4.78 is 6.72. The van der Waals surface area contributed by atoms with E-state index < -0.39 is 24.2 Å². The zero-order valence-electron chi connectivity index (χ0n) is 28.6. The maximum Gasteiger partial charge on any atom is 0.251 e. The van der Waals surface area contributed by atoms with Crippen molar-refractivity contribution in [1.29, 1.82) is 0 Å². The number of benzene rings is 2. The number of carbonyl (C=O) groups is 2. The number of para-hydroxylation sites is 1. The molecule has 258 valence electrons. The van der Waals surface area contributed by atoms with Crippen LogP contribution in [0.4, 0.5) is 0 Å². The van der Waals surface area contributed by atoms with Gasteiger partial charge in [-0.1, -0.05) is 54.9 Å². The van der Waals surface area contributed by atoms with Crippen molar-refractivity contribution in [3.05, 3.63) is 52.0 Å². The summed E-state index contributed by atoms with van der Waals surface area (Å²) in [5.74, 6) is 1.07. The lowest BCUT2D eigenvalue weighted by molar-refractivity contribution is -0.183. The Morgan fingerprint density at radius 1 is 1.21 bits per heavy atom. The Balaban J connectivity index is 1.41. The SMILES string of the molecule is COc1c(CN2O[C@@H](CO)[C@@H]([C@H](C)O)[C@H]2C(=O)N[C@H]2C[C@@H]3C[C@@H]([C@@H]2C)C3(C)C)cccc1-c1cc(Br)cc(C(=O)NCCN(C)C)c1. The van der Waals surface area contributed by atoms with E-state index >= 15 is 0 Å². The van der Waals surface area contributed by atoms with E-state index in [1.807, 2.05) is 49.3 Å². The monoisotopic (exact) mass is 714 g/mol. The molecule has 1 aliphatic heterocycles. The first-order valence-electron chi connectivity index (χ1n) is 16.7. The third-order valence-corrected chi connectivity index (χ3v) is 11.5. The molecule has 11 heteroatoms. The predicted molar refractivity (Wildman–Crippen MR) is 185 cm³/mol. The lowest BCUT2D eigenvalue weighted by Gasteiger charge is -2.62. The highest BCUT2D eigenvalue weighted by atomic mass is 79.9. The van der Waals surface area contributed by atoms with Crippen LogP contribution in [-0.4, -0.2) is 97.2 Å². The van der Waals surface area contributed by atoms with Crippen LogP contribution in [0, 0.1) is 29.1 Å². The van der Waals surface area contributed by atoms with Gasteiger partial charge in [-0.05, 0) is 80.8 Å². The molecule has 10 nitrogen and oxygen atoms in total. The van der Waals surface area contributed by atoms with Crippen LogP contribution >= 0.6 is 15.9 Å². The molecule has 1 heterocycles. The number of fused-ring (bicyclic) bond motifs is 2. The molecule has 0 unspecified atom stereocenters. The zero-order valence-corrected chi connectivity index (χ0v) is 30.2. The minimum absolute atomic E-state index is 0.0487. The van der Waals surface area contributed by atoms with Crippen LogP contribution in [0.1, 0.15) is 56.5 Å². The van der Waals surface area contributed by atoms with E-state index in [9.17, 15) is 19.8 Å². The minimum Gasteiger partial charge on any atom is -0.496 e. The molecule has 1 saturated heterocycles. The lowest BCUT2D eigenvalue weighted by Crippen LogP contribution is -2.62. The van der Waals surface area contributed by atoms with Crippen molar-refractivity contribution < 1.29 is 29.4 Å². The molecule has 0 spiro atoms. The summed E-state index contributed by atoms with van der Waals surface area (Å²) in [6.45, 7) is 9.64. The smallest absolute Gasteiger partial charge is 0.251 e. The summed E-state index contributed by atoms with van der Waals surface area (Å²) in [4.78, 5) is 35.3. The van der Waals surface area contributed by atoms with Gasteiger partial charge in [0.25, 0.3) is 5.91 Å². The summed E-state index contributed by atoms with van der Waals surface area (Å²) in [6.07, 6.45) is 0.514. The second kappa shape index (κ2) is 14.5. The van der Waals surface area contributed by atoms with E-state index in [0.29, 0.717) is 41.0 Å². The number of nitrogens with zero attached hydrogens (tertiary/aromatic N) is 2. The zero-order chi connectivity index (χ0) is 34.2. The Morgan fingerprint density at radius 3 is 2.57 bits per heavy atom. The van der Waals surface area contributed by atoms with Crippen molar-refractivity contribution in [1.82, 2.24) is 20.6 Å². The van der Waals surface area contributed by atoms with Crippen LogP contribution in [0.2, 0.25) is 0 Å². The van der Waals surface area contributed by atoms with Crippen molar-refractivity contribution in [2.75, 3.05) is 40.9 Å². The maximum atomic E-state index is 14.1. The number of hydrogen-bond acceptors (Lipinski definition) is 8. The Labute approximate surface area is 287 Å². The van der Waals surface area contributed by atoms with Crippen molar-refractivity contribution >= 4 is 27.7 Å². The van der Waals surface area contributed by atoms with Crippen LogP contribution in [0.15, 0.2) is 40.9 Å². The normalized spacial score (nSPS) is 28.9. The third kappa shape index (κ3) is 7.26. The van der Waals surface area contributed by atoms with Gasteiger partial charge in [-0.15, -0.1) is 0 Å². The van der Waals surface area contributed by atoms with Crippen LogP contribution in [-0.2, 0) is 16.2 Å². The molecule has 3 saturated carbocycles. The maximum absolute atomic E-state index is 14.1. The molecule has 6 rings (SSSR count). The molecule has 2 aromatic rings. The van der Waals surface area contributed by atoms with Gasteiger partial charge in [0.1, 0.15) is 17.9 Å². The highest BCUT2D eigenvalue weighted by Crippen LogP contribution is 2.61. The van der Waals surface area contributed by atoms with Crippen molar-refractivity contribution in [2.45, 2.75) is 71.4 Å². The number of carbonyl (C=O) groups excluding carboxylic acids is 2. The fraction of sp³-hybridized carbons (Fsp3) is 0.611. The van der Waals surface area contributed by atoms with Gasteiger partial charge >= 0.3 is 0 Å². The van der Waals surface area contributed by atoms with Crippen molar-refractivity contribution in [3.63, 3.8) is 0 Å². The van der Waals surface area contributed by atoms with E-state index in [1.165, 1.54) is 6.42 Å². The van der Waals surface area contributed by atoms with Gasteiger partial charge in [0.15, 0.2) is 0 Å². The number of halogens is 1. The molecule has 3 aliphatic carbocycles. The predicted octanol–water partition coefficient (Wildman–Crippen LogP) is 4.08. The van der Waals surface area contributed by atoms with Crippen LogP contribution in [0.25, 0.3) is 11.1 Å². The van der Waals surface area contributed by atoms with Gasteiger partial charge in [0.05, 0.1) is 26.4 Å². The Bertz CT molecular complexity index is 1450. The summed E-state index contributed by atoms with van der Waals surface area (Å²) in [5, 5.41) is 29.0. The van der Waals surface area contributed by atoms with E-state index in [4.69, 9.17) is 9.57 Å². The summed E-state index contributed by atoms with van der Waals surface area (Å²) >= 11 is 3.57. The molecule has 8 atom stereocenters. The van der Waals surface area contributed by atoms with E-state index in [-0.39, 0.29) is 31.0 Å². The molecular formula is C36H51BrN4O6. The minimum atomic E-state index is -0.888. The number of ether oxygens (including phenoxy) is 1. The fourth-order valence-electron chi connectivity index (χ4n) is 8.20. The number of methoxy groups -OCH3 is 1. The van der Waals surface area contributed by atoms with E-state index in [0.717, 1.165) is 34.1 Å². The molecule has 47 heavy (non-hydrogen) atoms. The Kier molecular flexibility index (Phi) is 11.0. The number of aliphatic hydroxyl groups excluding tert-OH is 2. The van der Waals surface area contributed by atoms with Crippen molar-refractivity contribution in [2.24, 2.45) is 29.1 Å². The molecule has 2 bridgehead atoms. The molecule has 0 aromatic heterocycles. The second-order valence-corrected chi connectivity index (χ2v) is 15.4. The second-order valence-electron chi connectivity index (χ2n) is 14.5. The third-order valence-electron chi connectivity index (χ3n) is 11.0. The van der Waals surface area contributed by atoms with Gasteiger partial charge in [0, 0.05) is 46.2 Å². The highest BCUT2D eigenvalue weighted by Gasteiger charge is 2.57. The summed E-state index contributed by atoms with van der Waals surface area (Å²) in [6, 6.07) is 10.5. The van der Waals surface area contributed by atoms with Gasteiger partial charge in [-0.3, -0.25) is 14.4 Å². The molecule has 4 fully saturated rings. The molecule has 2 aromatic carbocycles. The van der Waals surface area contributed by atoms with Gasteiger partial charge in [0.2, 0.25) is 5.91 Å². The average Bonchev–Trinajstić information content (AvgIpc) is 3.39. The van der Waals surface area contributed by atoms with E-state index in [1.54, 1.807) is 25.2 Å². The number of amides is 2. The number of nitrogens with one attached hydrogen (secondary N) is 2. The number of rotatable bonds is 12. The summed E-state index contributed by atoms with van der Waals surface area (Å²) in [7, 11) is 5.51. The number of hydrogen-bond donors (Lipinski definition) is 4. The van der Waals surface area contributed by atoms with E-state index in [2.05, 4.69) is 47.3 Å². The first-order chi connectivity index (χ1) is 22.3. The molecule has 4 N–H and O–H groups in total. The first-order valence-corrected chi connectivity index (χ1v) is 17.5. The molecule has 4 aliphatic rings. The van der Waals surface area contributed by atoms with Gasteiger partial charge in [-0.25, -0.2) is 0 Å². The van der Waals surface area contributed by atoms with Crippen molar-refractivity contribution in [3.8, 4) is 16.9 Å². The Morgan fingerprint density at radius 2 is 1.96 bits per heavy atom. The lowest BCUT2D eigenvalue weighted by atomic mass is 9.45. The first kappa shape index (κ1) is 35.8. The molecular weight excluding hydrogens is 664 g/mol. The summed E-state index contributed by atoms with van der Waals surface area (Å²) in [5.41, 5.74) is 3.13. The highest BCUT2D eigenvalue weighted by molar-refractivity contribution is 9.10. The van der Waals surface area contributed by atoms with Crippen LogP contribution in [0.5, 0.6) is 5.75 Å². The number of likely N-dealkylation sites (N-methyl/N-ethyl adjacent to an activating group) is 1. The largest absolute Gasteiger partial charge is 0.496 e. The molecule has 2 amide bonds. The number of hydroxylamine groups is 2. The van der Waals surface area contributed by atoms with Crippen LogP contribution < -0.4 is 15.4 Å². The van der Waals surface area contributed by atoms with Crippen LogP contribution in [0.3, 0.4) is 0 Å². The standard InChI is InChI=1S/C36H51BrN4O6/c1-20-28-16-25(36(28,3)4)17-29(20)39-35(45)32-31(21(2)43)30(19-42)47-41(32)18-22-9-8-10-27(33(22)46-7)23-13-24(15-26(37)14-23)34(44)38-11-12-40(5)6/h8-10,13-15,20-21,25,28-32,42-43H,11-12,16-19H2,1-7H3,(H,38,44)(H,39,45)/t20-,21-,25-,28-,29-,30-,31+,32-/m0/s1. The Hall–Kier alpha value is -2.54. The topological polar surface area (TPSA) is 124 Å². The van der Waals surface area contributed by atoms with Gasteiger partial charge < -0.3 is 30.5 Å². The number of aliphatic hydroxyl groups is 2. The quantitative estimate of drug-likeness (QED) is 0.260. The van der Waals surface area contributed by atoms with Gasteiger partial charge in [-0.2, -0.15) is 5.06 Å². The molecule has 0 radical (unpaired) electrons. The fourth-order valence-corrected chi connectivity index (χ4v) is 8.69. The average molecular weight is 716 g/mol.